The number of likely N-dealkylation sites (tertiary alicyclic amines) is 1. The van der Waals surface area contributed by atoms with Crippen molar-refractivity contribution in [1.82, 2.24) is 9.88 Å². The van der Waals surface area contributed by atoms with Gasteiger partial charge in [-0.15, -0.1) is 6.58 Å². The van der Waals surface area contributed by atoms with Gasteiger partial charge in [-0.2, -0.15) is 0 Å². The molecule has 3 unspecified atom stereocenters. The molecule has 0 spiro atoms. The van der Waals surface area contributed by atoms with Crippen molar-refractivity contribution in [2.45, 2.75) is 31.9 Å². The van der Waals surface area contributed by atoms with Crippen LogP contribution in [0.1, 0.15) is 30.6 Å². The lowest BCUT2D eigenvalue weighted by Crippen LogP contribution is -2.47. The van der Waals surface area contributed by atoms with Crippen LogP contribution in [0.5, 0.6) is 0 Å². The first-order chi connectivity index (χ1) is 15.1. The Morgan fingerprint density at radius 1 is 1.19 bits per heavy atom. The molecule has 2 aromatic carbocycles. The summed E-state index contributed by atoms with van der Waals surface area (Å²) in [6.45, 7) is 7.18. The Morgan fingerprint density at radius 3 is 2.71 bits per heavy atom. The van der Waals surface area contributed by atoms with E-state index >= 15 is 0 Å². The number of likely N-dealkylation sites (N-methyl/N-ethyl adjacent to an activating group) is 1. The van der Waals surface area contributed by atoms with Gasteiger partial charge >= 0.3 is 5.97 Å². The third kappa shape index (κ3) is 4.70. The normalized spacial score (nSPS) is 22.7. The molecule has 160 valence electrons. The first-order valence-corrected chi connectivity index (χ1v) is 11.0. The van der Waals surface area contributed by atoms with E-state index in [0.29, 0.717) is 11.8 Å². The van der Waals surface area contributed by atoms with Gasteiger partial charge in [0.25, 0.3) is 0 Å². The fraction of sp³-hybridized carbons (Fsp3) is 0.333. The Bertz CT molecular complexity index is 1040. The van der Waals surface area contributed by atoms with Crippen LogP contribution in [-0.4, -0.2) is 35.5 Å². The number of esters is 1. The lowest BCUT2D eigenvalue weighted by atomic mass is 9.80. The average molecular weight is 415 g/mol. The highest BCUT2D eigenvalue weighted by Crippen LogP contribution is 2.38. The third-order valence-electron chi connectivity index (χ3n) is 6.50. The molecule has 1 saturated heterocycles. The molecule has 4 heteroatoms. The molecule has 4 rings (SSSR count). The summed E-state index contributed by atoms with van der Waals surface area (Å²) in [4.78, 5) is 19.8. The van der Waals surface area contributed by atoms with Crippen LogP contribution in [0.2, 0.25) is 0 Å². The molecule has 4 atom stereocenters. The lowest BCUT2D eigenvalue weighted by molar-refractivity contribution is -0.153. The quantitative estimate of drug-likeness (QED) is 0.410. The van der Waals surface area contributed by atoms with Gasteiger partial charge in [-0.25, -0.2) is 0 Å². The van der Waals surface area contributed by atoms with Crippen LogP contribution in [-0.2, 0) is 16.0 Å². The number of carbonyl (C=O) groups excluding carboxylic acids is 1. The van der Waals surface area contributed by atoms with E-state index in [1.807, 2.05) is 60.8 Å². The Labute approximate surface area is 184 Å². The van der Waals surface area contributed by atoms with E-state index in [1.54, 1.807) is 0 Å². The fourth-order valence-corrected chi connectivity index (χ4v) is 4.71. The van der Waals surface area contributed by atoms with Crippen LogP contribution in [0.25, 0.3) is 10.9 Å². The minimum absolute atomic E-state index is 0.0942. The summed E-state index contributed by atoms with van der Waals surface area (Å²) in [5.74, 6) is 0.710. The highest BCUT2D eigenvalue weighted by molar-refractivity contribution is 5.83. The smallest absolute Gasteiger partial charge is 0.310 e. The molecule has 1 fully saturated rings. The number of aromatic nitrogens is 1. The molecule has 0 bridgehead atoms. The second-order valence-electron chi connectivity index (χ2n) is 8.61. The number of hydrogen-bond donors (Lipinski definition) is 0. The topological polar surface area (TPSA) is 42.4 Å². The zero-order valence-corrected chi connectivity index (χ0v) is 18.3. The molecular weight excluding hydrogens is 384 g/mol. The predicted octanol–water partition coefficient (Wildman–Crippen LogP) is 5.20. The van der Waals surface area contributed by atoms with E-state index in [4.69, 9.17) is 4.74 Å². The van der Waals surface area contributed by atoms with E-state index < -0.39 is 0 Å². The SMILES string of the molecule is C=CC1CN(C)C(C(OC(=O)Cc2ccccc2)c2ccnc3ccccc23)C[C@@H]1C. The van der Waals surface area contributed by atoms with Gasteiger partial charge in [0.1, 0.15) is 6.10 Å². The number of rotatable bonds is 6. The Balaban J connectivity index is 1.68. The summed E-state index contributed by atoms with van der Waals surface area (Å²) < 4.78 is 6.24. The molecule has 0 aliphatic carbocycles. The molecule has 31 heavy (non-hydrogen) atoms. The standard InChI is InChI=1S/C27H30N2O2/c1-4-21-18-29(3)25(16-19(21)2)27(31-26(30)17-20-10-6-5-7-11-20)23-14-15-28-24-13-9-8-12-22(23)24/h4-15,19,21,25,27H,1,16-18H2,2-3H3/t19-,21?,25?,27?/m0/s1. The number of para-hydroxylation sites is 1. The minimum atomic E-state index is -0.359. The number of fused-ring (bicyclic) bond motifs is 1. The maximum atomic E-state index is 13.0. The van der Waals surface area contributed by atoms with Gasteiger partial charge in [0.05, 0.1) is 18.0 Å². The molecule has 0 saturated carbocycles. The van der Waals surface area contributed by atoms with Crippen molar-refractivity contribution in [1.29, 1.82) is 0 Å². The van der Waals surface area contributed by atoms with Crippen LogP contribution in [0.4, 0.5) is 0 Å². The second kappa shape index (κ2) is 9.44. The van der Waals surface area contributed by atoms with Crippen molar-refractivity contribution < 1.29 is 9.53 Å². The summed E-state index contributed by atoms with van der Waals surface area (Å²) in [7, 11) is 2.12. The van der Waals surface area contributed by atoms with Crippen molar-refractivity contribution in [2.24, 2.45) is 11.8 Å². The maximum absolute atomic E-state index is 13.0. The summed E-state index contributed by atoms with van der Waals surface area (Å²) in [5, 5.41) is 1.04. The molecule has 1 aliphatic heterocycles. The number of benzene rings is 2. The third-order valence-corrected chi connectivity index (χ3v) is 6.50. The largest absolute Gasteiger partial charge is 0.456 e. The van der Waals surface area contributed by atoms with Crippen LogP contribution in [0.3, 0.4) is 0 Å². The van der Waals surface area contributed by atoms with E-state index in [-0.39, 0.29) is 24.5 Å². The van der Waals surface area contributed by atoms with Gasteiger partial charge in [-0.05, 0) is 43.0 Å². The predicted molar refractivity (Wildman–Crippen MR) is 125 cm³/mol. The Kier molecular flexibility index (Phi) is 6.47. The van der Waals surface area contributed by atoms with Crippen LogP contribution < -0.4 is 0 Å². The van der Waals surface area contributed by atoms with Gasteiger partial charge in [0.2, 0.25) is 0 Å². The first kappa shape index (κ1) is 21.3. The van der Waals surface area contributed by atoms with Crippen LogP contribution in [0, 0.1) is 11.8 Å². The number of carbonyl (C=O) groups is 1. The van der Waals surface area contributed by atoms with Gasteiger partial charge < -0.3 is 4.74 Å². The number of nitrogens with zero attached hydrogens (tertiary/aromatic N) is 2. The fourth-order valence-electron chi connectivity index (χ4n) is 4.71. The highest BCUT2D eigenvalue weighted by Gasteiger charge is 2.38. The zero-order valence-electron chi connectivity index (χ0n) is 18.3. The first-order valence-electron chi connectivity index (χ1n) is 11.0. The van der Waals surface area contributed by atoms with E-state index in [0.717, 1.165) is 35.0 Å². The molecule has 1 aromatic heterocycles. The summed E-state index contributed by atoms with van der Waals surface area (Å²) in [6, 6.07) is 19.9. The Hall–Kier alpha value is -2.98. The zero-order chi connectivity index (χ0) is 21.8. The number of ether oxygens (including phenoxy) is 1. The monoisotopic (exact) mass is 414 g/mol. The molecule has 0 radical (unpaired) electrons. The van der Waals surface area contributed by atoms with Gasteiger partial charge in [0.15, 0.2) is 0 Å². The molecular formula is C27H30N2O2. The van der Waals surface area contributed by atoms with Crippen LogP contribution >= 0.6 is 0 Å². The van der Waals surface area contributed by atoms with Gasteiger partial charge in [0, 0.05) is 23.7 Å². The summed E-state index contributed by atoms with van der Waals surface area (Å²) in [6.07, 6.45) is 4.71. The number of pyridine rings is 1. The van der Waals surface area contributed by atoms with Crippen molar-refractivity contribution in [3.8, 4) is 0 Å². The minimum Gasteiger partial charge on any atom is -0.456 e. The molecule has 0 amide bonds. The average Bonchev–Trinajstić information content (AvgIpc) is 2.79. The van der Waals surface area contributed by atoms with E-state index in [1.165, 1.54) is 0 Å². The van der Waals surface area contributed by atoms with Crippen molar-refractivity contribution in [2.75, 3.05) is 13.6 Å². The highest BCUT2D eigenvalue weighted by atomic mass is 16.5. The molecule has 1 aliphatic rings. The van der Waals surface area contributed by atoms with Crippen LogP contribution in [0.15, 0.2) is 79.5 Å². The summed E-state index contributed by atoms with van der Waals surface area (Å²) >= 11 is 0. The van der Waals surface area contributed by atoms with Crippen molar-refractivity contribution in [3.63, 3.8) is 0 Å². The summed E-state index contributed by atoms with van der Waals surface area (Å²) in [5.41, 5.74) is 2.90. The lowest BCUT2D eigenvalue weighted by Gasteiger charge is -2.43. The van der Waals surface area contributed by atoms with Crippen molar-refractivity contribution in [3.05, 3.63) is 90.6 Å². The maximum Gasteiger partial charge on any atom is 0.310 e. The van der Waals surface area contributed by atoms with E-state index in [9.17, 15) is 4.79 Å². The molecule has 2 heterocycles. The van der Waals surface area contributed by atoms with Crippen molar-refractivity contribution >= 4 is 16.9 Å². The molecule has 0 N–H and O–H groups in total. The number of piperidine rings is 1. The molecule has 3 aromatic rings. The number of hydrogen-bond acceptors (Lipinski definition) is 4. The second-order valence-corrected chi connectivity index (χ2v) is 8.61. The van der Waals surface area contributed by atoms with Gasteiger partial charge in [-0.1, -0.05) is 61.5 Å². The van der Waals surface area contributed by atoms with E-state index in [2.05, 4.69) is 42.6 Å². The molecule has 4 nitrogen and oxygen atoms in total. The Morgan fingerprint density at radius 2 is 1.94 bits per heavy atom. The van der Waals surface area contributed by atoms with Gasteiger partial charge in [-0.3, -0.25) is 14.7 Å².